The van der Waals surface area contributed by atoms with Crippen LogP contribution in [-0.2, 0) is 6.54 Å². The van der Waals surface area contributed by atoms with Crippen LogP contribution in [0.4, 0.5) is 5.82 Å². The SMILES string of the molecule is CN(Cc1ccccc1Br)c1nc(Cl)c(Cl)cc1Cl. The molecule has 2 aromatic rings. The fourth-order valence-corrected chi connectivity index (χ4v) is 2.71. The lowest BCUT2D eigenvalue weighted by Gasteiger charge is -2.20. The number of hydrogen-bond donors (Lipinski definition) is 0. The maximum atomic E-state index is 6.14. The van der Waals surface area contributed by atoms with Crippen molar-refractivity contribution in [2.24, 2.45) is 0 Å². The molecule has 0 amide bonds. The number of nitrogens with zero attached hydrogens (tertiary/aromatic N) is 2. The van der Waals surface area contributed by atoms with Crippen LogP contribution in [0.15, 0.2) is 34.8 Å². The number of aromatic nitrogens is 1. The van der Waals surface area contributed by atoms with E-state index in [1.165, 1.54) is 0 Å². The van der Waals surface area contributed by atoms with Crippen molar-refractivity contribution in [3.05, 3.63) is 55.6 Å². The van der Waals surface area contributed by atoms with Gasteiger partial charge < -0.3 is 4.90 Å². The number of hydrogen-bond acceptors (Lipinski definition) is 2. The number of benzene rings is 1. The second-order valence-corrected chi connectivity index (χ2v) is 6.04. The van der Waals surface area contributed by atoms with Crippen LogP contribution in [0.3, 0.4) is 0 Å². The number of rotatable bonds is 3. The normalized spacial score (nSPS) is 10.6. The Morgan fingerprint density at radius 1 is 1.16 bits per heavy atom. The average molecular weight is 381 g/mol. The molecule has 1 aromatic carbocycles. The Labute approximate surface area is 135 Å². The summed E-state index contributed by atoms with van der Waals surface area (Å²) in [6.45, 7) is 0.659. The fraction of sp³-hybridized carbons (Fsp3) is 0.154. The highest BCUT2D eigenvalue weighted by Gasteiger charge is 2.13. The first-order chi connectivity index (χ1) is 8.99. The van der Waals surface area contributed by atoms with Crippen molar-refractivity contribution in [3.8, 4) is 0 Å². The Bertz CT molecular complexity index is 604. The average Bonchev–Trinajstić information content (AvgIpc) is 2.36. The fourth-order valence-electron chi connectivity index (χ4n) is 1.66. The maximum absolute atomic E-state index is 6.14. The van der Waals surface area contributed by atoms with Crippen molar-refractivity contribution in [1.82, 2.24) is 4.98 Å². The van der Waals surface area contributed by atoms with E-state index in [1.807, 2.05) is 36.2 Å². The second-order valence-electron chi connectivity index (χ2n) is 4.01. The summed E-state index contributed by atoms with van der Waals surface area (Å²) in [6, 6.07) is 9.58. The molecule has 0 aliphatic carbocycles. The molecule has 100 valence electrons. The maximum Gasteiger partial charge on any atom is 0.150 e. The lowest BCUT2D eigenvalue weighted by atomic mass is 10.2. The molecular formula is C13H10BrCl3N2. The van der Waals surface area contributed by atoms with Crippen LogP contribution >= 0.6 is 50.7 Å². The predicted molar refractivity (Wildman–Crippen MR) is 85.5 cm³/mol. The van der Waals surface area contributed by atoms with E-state index in [1.54, 1.807) is 6.07 Å². The molecule has 0 unspecified atom stereocenters. The summed E-state index contributed by atoms with van der Waals surface area (Å²) in [5.74, 6) is 0.604. The number of halogens is 4. The van der Waals surface area contributed by atoms with Gasteiger partial charge >= 0.3 is 0 Å². The molecule has 0 atom stereocenters. The van der Waals surface area contributed by atoms with E-state index < -0.39 is 0 Å². The monoisotopic (exact) mass is 378 g/mol. The third-order valence-electron chi connectivity index (χ3n) is 2.60. The van der Waals surface area contributed by atoms with Crippen molar-refractivity contribution >= 4 is 56.6 Å². The van der Waals surface area contributed by atoms with Gasteiger partial charge in [0.2, 0.25) is 0 Å². The van der Waals surface area contributed by atoms with Gasteiger partial charge in [-0.15, -0.1) is 0 Å². The Morgan fingerprint density at radius 3 is 2.53 bits per heavy atom. The smallest absolute Gasteiger partial charge is 0.150 e. The summed E-state index contributed by atoms with van der Waals surface area (Å²) in [5.41, 5.74) is 1.13. The van der Waals surface area contributed by atoms with Gasteiger partial charge in [-0.2, -0.15) is 0 Å². The minimum atomic E-state index is 0.250. The molecule has 19 heavy (non-hydrogen) atoms. The quantitative estimate of drug-likeness (QED) is 0.659. The van der Waals surface area contributed by atoms with Gasteiger partial charge in [0.05, 0.1) is 10.0 Å². The van der Waals surface area contributed by atoms with Gasteiger partial charge in [0.1, 0.15) is 11.0 Å². The molecule has 0 bridgehead atoms. The third-order valence-corrected chi connectivity index (χ3v) is 4.32. The molecular weight excluding hydrogens is 370 g/mol. The molecule has 0 fully saturated rings. The minimum Gasteiger partial charge on any atom is -0.354 e. The first kappa shape index (κ1) is 14.9. The number of anilines is 1. The first-order valence-electron chi connectivity index (χ1n) is 5.45. The number of pyridine rings is 1. The zero-order chi connectivity index (χ0) is 14.0. The molecule has 2 rings (SSSR count). The van der Waals surface area contributed by atoms with Crippen LogP contribution in [0.2, 0.25) is 15.2 Å². The molecule has 1 heterocycles. The molecule has 2 nitrogen and oxygen atoms in total. The minimum absolute atomic E-state index is 0.250. The van der Waals surface area contributed by atoms with Crippen LogP contribution in [0, 0.1) is 0 Å². The summed E-state index contributed by atoms with van der Waals surface area (Å²) in [6.07, 6.45) is 0. The van der Waals surface area contributed by atoms with Gasteiger partial charge in [0.15, 0.2) is 0 Å². The Hall–Kier alpha value is -0.480. The predicted octanol–water partition coefficient (Wildman–Crippen LogP) is 5.44. The van der Waals surface area contributed by atoms with Gasteiger partial charge in [-0.05, 0) is 17.7 Å². The van der Waals surface area contributed by atoms with Gasteiger partial charge in [0.25, 0.3) is 0 Å². The molecule has 6 heteroatoms. The topological polar surface area (TPSA) is 16.1 Å². The third kappa shape index (κ3) is 3.54. The van der Waals surface area contributed by atoms with E-state index in [9.17, 15) is 0 Å². The largest absolute Gasteiger partial charge is 0.354 e. The highest BCUT2D eigenvalue weighted by atomic mass is 79.9. The van der Waals surface area contributed by atoms with E-state index in [0.29, 0.717) is 22.4 Å². The second kappa shape index (κ2) is 6.31. The molecule has 0 N–H and O–H groups in total. The van der Waals surface area contributed by atoms with Gasteiger partial charge in [-0.25, -0.2) is 4.98 Å². The molecule has 1 aromatic heterocycles. The lowest BCUT2D eigenvalue weighted by Crippen LogP contribution is -2.18. The van der Waals surface area contributed by atoms with Crippen molar-refractivity contribution in [1.29, 1.82) is 0 Å². The van der Waals surface area contributed by atoms with Crippen LogP contribution in [0.1, 0.15) is 5.56 Å². The van der Waals surface area contributed by atoms with E-state index in [-0.39, 0.29) is 5.15 Å². The van der Waals surface area contributed by atoms with Crippen LogP contribution in [0.25, 0.3) is 0 Å². The first-order valence-corrected chi connectivity index (χ1v) is 7.38. The molecule has 0 aliphatic rings. The van der Waals surface area contributed by atoms with E-state index in [2.05, 4.69) is 20.9 Å². The van der Waals surface area contributed by atoms with E-state index >= 15 is 0 Å². The lowest BCUT2D eigenvalue weighted by molar-refractivity contribution is 0.894. The van der Waals surface area contributed by atoms with Crippen molar-refractivity contribution in [2.75, 3.05) is 11.9 Å². The standard InChI is InChI=1S/C13H10BrCl3N2/c1-19(7-8-4-2-3-5-9(8)14)13-11(16)6-10(15)12(17)18-13/h2-6H,7H2,1H3. The Morgan fingerprint density at radius 2 is 1.84 bits per heavy atom. The zero-order valence-electron chi connectivity index (χ0n) is 10.0. The summed E-state index contributed by atoms with van der Waals surface area (Å²) < 4.78 is 1.04. The summed E-state index contributed by atoms with van der Waals surface area (Å²) in [4.78, 5) is 6.13. The Balaban J connectivity index is 2.28. The zero-order valence-corrected chi connectivity index (χ0v) is 13.9. The summed E-state index contributed by atoms with van der Waals surface area (Å²) in [5, 5.41) is 1.08. The molecule has 0 saturated carbocycles. The van der Waals surface area contributed by atoms with Crippen molar-refractivity contribution in [2.45, 2.75) is 6.54 Å². The highest BCUT2D eigenvalue weighted by molar-refractivity contribution is 9.10. The Kier molecular flexibility index (Phi) is 4.96. The molecule has 0 saturated heterocycles. The molecule has 0 radical (unpaired) electrons. The summed E-state index contributed by atoms with van der Waals surface area (Å²) in [7, 11) is 1.90. The van der Waals surface area contributed by atoms with Crippen LogP contribution in [-0.4, -0.2) is 12.0 Å². The van der Waals surface area contributed by atoms with E-state index in [0.717, 1.165) is 10.0 Å². The van der Waals surface area contributed by atoms with Crippen molar-refractivity contribution < 1.29 is 0 Å². The van der Waals surface area contributed by atoms with E-state index in [4.69, 9.17) is 34.8 Å². The van der Waals surface area contributed by atoms with Crippen LogP contribution < -0.4 is 4.90 Å². The van der Waals surface area contributed by atoms with Crippen LogP contribution in [0.5, 0.6) is 0 Å². The highest BCUT2D eigenvalue weighted by Crippen LogP contribution is 2.31. The van der Waals surface area contributed by atoms with Gasteiger partial charge in [-0.1, -0.05) is 68.9 Å². The summed E-state index contributed by atoms with van der Waals surface area (Å²) >= 11 is 21.5. The van der Waals surface area contributed by atoms with Gasteiger partial charge in [-0.3, -0.25) is 0 Å². The molecule has 0 aliphatic heterocycles. The molecule has 0 spiro atoms. The van der Waals surface area contributed by atoms with Gasteiger partial charge in [0, 0.05) is 18.1 Å². The van der Waals surface area contributed by atoms with Crippen molar-refractivity contribution in [3.63, 3.8) is 0 Å².